The van der Waals surface area contributed by atoms with Crippen molar-refractivity contribution >= 4 is 27.6 Å². The first-order valence-corrected chi connectivity index (χ1v) is 9.85. The summed E-state index contributed by atoms with van der Waals surface area (Å²) in [6.07, 6.45) is 0.921. The molecule has 9 heteroatoms. The van der Waals surface area contributed by atoms with Crippen molar-refractivity contribution in [1.29, 1.82) is 0 Å². The minimum Gasteiger partial charge on any atom is -0.475 e. The summed E-state index contributed by atoms with van der Waals surface area (Å²) in [6, 6.07) is 8.67. The summed E-state index contributed by atoms with van der Waals surface area (Å²) in [5, 5.41) is 8.45. The number of likely N-dealkylation sites (N-methyl/N-ethyl adjacent to an activating group) is 1. The number of aryl methyl sites for hydroxylation is 1. The Labute approximate surface area is 157 Å². The van der Waals surface area contributed by atoms with Gasteiger partial charge in [0.15, 0.2) is 0 Å². The van der Waals surface area contributed by atoms with Crippen LogP contribution in [0.1, 0.15) is 29.0 Å². The van der Waals surface area contributed by atoms with Gasteiger partial charge in [-0.2, -0.15) is 4.31 Å². The second kappa shape index (κ2) is 7.16. The number of carbonyl (C=O) groups is 2. The molecule has 0 radical (unpaired) electrons. The molecule has 1 aliphatic heterocycles. The number of benzene rings is 1. The van der Waals surface area contributed by atoms with Crippen molar-refractivity contribution in [2.45, 2.75) is 30.9 Å². The predicted octanol–water partition coefficient (Wildman–Crippen LogP) is 2.10. The van der Waals surface area contributed by atoms with Crippen LogP contribution >= 0.6 is 0 Å². The fourth-order valence-electron chi connectivity index (χ4n) is 3.08. The fourth-order valence-corrected chi connectivity index (χ4v) is 4.65. The first-order valence-electron chi connectivity index (χ1n) is 8.41. The van der Waals surface area contributed by atoms with Gasteiger partial charge in [0.25, 0.3) is 10.0 Å². The van der Waals surface area contributed by atoms with Crippen molar-refractivity contribution < 1.29 is 27.5 Å². The molecule has 0 saturated carbocycles. The second-order valence-electron chi connectivity index (χ2n) is 6.43. The van der Waals surface area contributed by atoms with Crippen LogP contribution in [0.5, 0.6) is 0 Å². The topological polar surface area (TPSA) is 108 Å². The van der Waals surface area contributed by atoms with Gasteiger partial charge < -0.3 is 14.4 Å². The maximum atomic E-state index is 12.9. The van der Waals surface area contributed by atoms with Crippen molar-refractivity contribution in [2.75, 3.05) is 18.5 Å². The van der Waals surface area contributed by atoms with Crippen LogP contribution in [0.2, 0.25) is 0 Å². The molecule has 2 aromatic rings. The van der Waals surface area contributed by atoms with Crippen LogP contribution < -0.4 is 4.90 Å². The summed E-state index contributed by atoms with van der Waals surface area (Å²) in [5.74, 6) is -2.16. The number of carboxylic acid groups (broad SMARTS) is 1. The highest BCUT2D eigenvalue weighted by molar-refractivity contribution is 7.89. The third-order valence-corrected chi connectivity index (χ3v) is 6.38. The average Bonchev–Trinajstić information content (AvgIpc) is 3.31. The molecule has 3 rings (SSSR count). The zero-order valence-corrected chi connectivity index (χ0v) is 15.8. The standard InChI is InChI=1S/C18H20N2O6S/c1-12-5-7-13(8-6-12)19(2)17(21)14-4-3-11-20(14)27(24,25)16-10-9-15(26-16)18(22)23/h5-10,14H,3-4,11H2,1-2H3,(H,22,23). The van der Waals surface area contributed by atoms with E-state index in [1.54, 1.807) is 19.2 Å². The Morgan fingerprint density at radius 1 is 1.19 bits per heavy atom. The third-order valence-electron chi connectivity index (χ3n) is 4.60. The van der Waals surface area contributed by atoms with Gasteiger partial charge in [0.2, 0.25) is 16.8 Å². The number of rotatable bonds is 5. The monoisotopic (exact) mass is 392 g/mol. The van der Waals surface area contributed by atoms with E-state index in [4.69, 9.17) is 9.52 Å². The van der Waals surface area contributed by atoms with Crippen molar-refractivity contribution in [3.05, 3.63) is 47.7 Å². The summed E-state index contributed by atoms with van der Waals surface area (Å²) >= 11 is 0. The highest BCUT2D eigenvalue weighted by atomic mass is 32.2. The molecule has 8 nitrogen and oxygen atoms in total. The molecule has 1 N–H and O–H groups in total. The number of hydrogen-bond donors (Lipinski definition) is 1. The van der Waals surface area contributed by atoms with Gasteiger partial charge in [-0.15, -0.1) is 0 Å². The predicted molar refractivity (Wildman–Crippen MR) is 97.2 cm³/mol. The third kappa shape index (κ3) is 3.60. The maximum Gasteiger partial charge on any atom is 0.371 e. The minimum atomic E-state index is -4.11. The molecule has 1 amide bonds. The summed E-state index contributed by atoms with van der Waals surface area (Å²) in [6.45, 7) is 2.11. The number of hydrogen-bond acceptors (Lipinski definition) is 5. The van der Waals surface area contributed by atoms with Gasteiger partial charge >= 0.3 is 5.97 Å². The van der Waals surface area contributed by atoms with E-state index in [1.807, 2.05) is 19.1 Å². The Hall–Kier alpha value is -2.65. The lowest BCUT2D eigenvalue weighted by Crippen LogP contribution is -2.46. The van der Waals surface area contributed by atoms with Crippen LogP contribution in [0.3, 0.4) is 0 Å². The first kappa shape index (κ1) is 19.1. The maximum absolute atomic E-state index is 12.9. The molecule has 27 heavy (non-hydrogen) atoms. The molecule has 1 saturated heterocycles. The first-order chi connectivity index (χ1) is 12.7. The molecule has 1 fully saturated rings. The van der Waals surface area contributed by atoms with Crippen molar-refractivity contribution in [3.63, 3.8) is 0 Å². The van der Waals surface area contributed by atoms with Gasteiger partial charge in [0.1, 0.15) is 6.04 Å². The van der Waals surface area contributed by atoms with Crippen LogP contribution in [0.15, 0.2) is 45.9 Å². The zero-order valence-electron chi connectivity index (χ0n) is 15.0. The number of anilines is 1. The van der Waals surface area contributed by atoms with E-state index in [0.29, 0.717) is 18.5 Å². The Kier molecular flexibility index (Phi) is 5.07. The molecular weight excluding hydrogens is 372 g/mol. The lowest BCUT2D eigenvalue weighted by atomic mass is 10.1. The molecule has 1 aliphatic rings. The largest absolute Gasteiger partial charge is 0.475 e. The number of sulfonamides is 1. The normalized spacial score (nSPS) is 17.8. The summed E-state index contributed by atoms with van der Waals surface area (Å²) < 4.78 is 31.8. The molecule has 144 valence electrons. The van der Waals surface area contributed by atoms with Crippen LogP contribution in [-0.2, 0) is 14.8 Å². The molecule has 1 atom stereocenters. The average molecular weight is 392 g/mol. The number of carboxylic acids is 1. The van der Waals surface area contributed by atoms with Gasteiger partial charge in [0.05, 0.1) is 0 Å². The molecule has 1 aromatic heterocycles. The van der Waals surface area contributed by atoms with E-state index in [-0.39, 0.29) is 12.5 Å². The minimum absolute atomic E-state index is 0.170. The van der Waals surface area contributed by atoms with Crippen LogP contribution in [0.4, 0.5) is 5.69 Å². The van der Waals surface area contributed by atoms with Crippen LogP contribution in [0, 0.1) is 6.92 Å². The summed E-state index contributed by atoms with van der Waals surface area (Å²) in [4.78, 5) is 25.3. The summed E-state index contributed by atoms with van der Waals surface area (Å²) in [5.41, 5.74) is 1.72. The van der Waals surface area contributed by atoms with Crippen molar-refractivity contribution in [3.8, 4) is 0 Å². The zero-order chi connectivity index (χ0) is 19.8. The molecule has 0 spiro atoms. The van der Waals surface area contributed by atoms with E-state index in [9.17, 15) is 18.0 Å². The van der Waals surface area contributed by atoms with Crippen LogP contribution in [0.25, 0.3) is 0 Å². The van der Waals surface area contributed by atoms with Crippen molar-refractivity contribution in [2.24, 2.45) is 0 Å². The van der Waals surface area contributed by atoms with Gasteiger partial charge in [-0.3, -0.25) is 4.79 Å². The highest BCUT2D eigenvalue weighted by Crippen LogP contribution is 2.29. The fraction of sp³-hybridized carbons (Fsp3) is 0.333. The van der Waals surface area contributed by atoms with E-state index in [2.05, 4.69) is 0 Å². The lowest BCUT2D eigenvalue weighted by Gasteiger charge is -2.27. The SMILES string of the molecule is Cc1ccc(N(C)C(=O)C2CCCN2S(=O)(=O)c2ccc(C(=O)O)o2)cc1. The number of carbonyl (C=O) groups excluding carboxylic acids is 1. The Balaban J connectivity index is 1.86. The van der Waals surface area contributed by atoms with E-state index in [1.165, 1.54) is 4.90 Å². The second-order valence-corrected chi connectivity index (χ2v) is 8.25. The van der Waals surface area contributed by atoms with Crippen molar-refractivity contribution in [1.82, 2.24) is 4.31 Å². The van der Waals surface area contributed by atoms with E-state index >= 15 is 0 Å². The quantitative estimate of drug-likeness (QED) is 0.835. The van der Waals surface area contributed by atoms with Gasteiger partial charge in [0, 0.05) is 19.3 Å². The Bertz CT molecular complexity index is 964. The Morgan fingerprint density at radius 2 is 1.85 bits per heavy atom. The number of nitrogens with zero attached hydrogens (tertiary/aromatic N) is 2. The van der Waals surface area contributed by atoms with E-state index < -0.39 is 32.9 Å². The molecule has 0 aliphatic carbocycles. The highest BCUT2D eigenvalue weighted by Gasteiger charge is 2.42. The van der Waals surface area contributed by atoms with Gasteiger partial charge in [-0.25, -0.2) is 13.2 Å². The van der Waals surface area contributed by atoms with Crippen LogP contribution in [-0.4, -0.2) is 49.3 Å². The smallest absolute Gasteiger partial charge is 0.371 e. The molecule has 1 aromatic carbocycles. The van der Waals surface area contributed by atoms with Gasteiger partial charge in [-0.05, 0) is 44.0 Å². The molecule has 0 bridgehead atoms. The molecular formula is C18H20N2O6S. The van der Waals surface area contributed by atoms with Gasteiger partial charge in [-0.1, -0.05) is 17.7 Å². The Morgan fingerprint density at radius 3 is 2.44 bits per heavy atom. The number of furan rings is 1. The number of amides is 1. The summed E-state index contributed by atoms with van der Waals surface area (Å²) in [7, 11) is -2.51. The molecule has 2 heterocycles. The number of aromatic carboxylic acids is 1. The lowest BCUT2D eigenvalue weighted by molar-refractivity contribution is -0.121. The van der Waals surface area contributed by atoms with E-state index in [0.717, 1.165) is 22.0 Å². The molecule has 1 unspecified atom stereocenters.